The Balaban J connectivity index is 0.000000555. The third-order valence-corrected chi connectivity index (χ3v) is 6.26. The molecule has 1 aromatic heterocycles. The summed E-state index contributed by atoms with van der Waals surface area (Å²) < 4.78 is 42.2. The number of hydrogen-bond donors (Lipinski definition) is 0. The minimum Gasteiger partial charge on any atom is -0.418 e. The quantitative estimate of drug-likeness (QED) is 0.463. The standard InChI is InChI=1S/C13H21Se.BF4/c1-12(2,3)10-8-7-9-11(14-10)13(4,5)6;2-1(3,4)5/h7-9H,1-6H3;/q+1;-1. The first kappa shape index (κ1) is 18.7. The van der Waals surface area contributed by atoms with Crippen molar-refractivity contribution >= 4 is 21.8 Å². The van der Waals surface area contributed by atoms with Gasteiger partial charge in [-0.3, -0.25) is 0 Å². The minimum atomic E-state index is -6.00. The summed E-state index contributed by atoms with van der Waals surface area (Å²) in [5.41, 5.74) is 0.669. The van der Waals surface area contributed by atoms with Crippen LogP contribution in [0.2, 0.25) is 0 Å². The SMILES string of the molecule is CC(C)(C)c1cccc(C(C)(C)C)[se+]1.F[B-](F)(F)F. The summed E-state index contributed by atoms with van der Waals surface area (Å²) in [4.78, 5) is 0. The van der Waals surface area contributed by atoms with Gasteiger partial charge in [0.15, 0.2) is 0 Å². The first-order valence-electron chi connectivity index (χ1n) is 6.03. The molecule has 0 saturated heterocycles. The summed E-state index contributed by atoms with van der Waals surface area (Å²) in [6.07, 6.45) is 0. The molecular formula is C13H21BF4Se. The van der Waals surface area contributed by atoms with Crippen molar-refractivity contribution in [3.63, 3.8) is 0 Å². The van der Waals surface area contributed by atoms with Crippen LogP contribution in [0.3, 0.4) is 0 Å². The average molecular weight is 343 g/mol. The zero-order chi connectivity index (χ0) is 15.5. The fourth-order valence-corrected chi connectivity index (χ4v) is 3.61. The summed E-state index contributed by atoms with van der Waals surface area (Å²) in [5.74, 6) is 0. The van der Waals surface area contributed by atoms with Gasteiger partial charge < -0.3 is 17.3 Å². The van der Waals surface area contributed by atoms with Crippen LogP contribution in [-0.4, -0.2) is 21.8 Å². The van der Waals surface area contributed by atoms with Crippen molar-refractivity contribution in [3.8, 4) is 0 Å². The molecule has 1 rings (SSSR count). The van der Waals surface area contributed by atoms with Gasteiger partial charge in [0.2, 0.25) is 0 Å². The second-order valence-electron chi connectivity index (χ2n) is 6.35. The molecule has 0 amide bonds. The molecule has 0 aliphatic heterocycles. The summed E-state index contributed by atoms with van der Waals surface area (Å²) >= 11 is 0.547. The second-order valence-corrected chi connectivity index (χ2v) is 8.63. The van der Waals surface area contributed by atoms with E-state index in [-0.39, 0.29) is 0 Å². The molecule has 1 aromatic rings. The van der Waals surface area contributed by atoms with Crippen molar-refractivity contribution in [2.75, 3.05) is 0 Å². The van der Waals surface area contributed by atoms with Crippen molar-refractivity contribution in [2.45, 2.75) is 52.4 Å². The summed E-state index contributed by atoms with van der Waals surface area (Å²) in [6.45, 7) is 13.8. The van der Waals surface area contributed by atoms with Crippen molar-refractivity contribution in [1.29, 1.82) is 0 Å². The smallest absolute Gasteiger partial charge is 0.418 e. The summed E-state index contributed by atoms with van der Waals surface area (Å²) in [5, 5.41) is 0. The Morgan fingerprint density at radius 3 is 1.26 bits per heavy atom. The van der Waals surface area contributed by atoms with Gasteiger partial charge >= 0.3 is 101 Å². The van der Waals surface area contributed by atoms with Gasteiger partial charge in [0.25, 0.3) is 0 Å². The van der Waals surface area contributed by atoms with E-state index in [0.717, 1.165) is 0 Å². The summed E-state index contributed by atoms with van der Waals surface area (Å²) in [7, 11) is -6.00. The molecule has 6 heteroatoms. The topological polar surface area (TPSA) is 0 Å². The summed E-state index contributed by atoms with van der Waals surface area (Å²) in [6, 6.07) is 6.82. The van der Waals surface area contributed by atoms with Crippen LogP contribution in [0.15, 0.2) is 18.2 Å². The fraction of sp³-hybridized carbons (Fsp3) is 0.615. The van der Waals surface area contributed by atoms with Gasteiger partial charge in [-0.2, -0.15) is 0 Å². The van der Waals surface area contributed by atoms with E-state index >= 15 is 0 Å². The predicted octanol–water partition coefficient (Wildman–Crippen LogP) is 4.92. The van der Waals surface area contributed by atoms with E-state index in [0.29, 0.717) is 25.3 Å². The molecule has 0 radical (unpaired) electrons. The van der Waals surface area contributed by atoms with Gasteiger partial charge in [-0.1, -0.05) is 0 Å². The van der Waals surface area contributed by atoms with Gasteiger partial charge in [-0.05, 0) is 0 Å². The van der Waals surface area contributed by atoms with E-state index in [1.807, 2.05) is 0 Å². The molecule has 0 N–H and O–H groups in total. The van der Waals surface area contributed by atoms with Crippen molar-refractivity contribution in [3.05, 3.63) is 27.1 Å². The van der Waals surface area contributed by atoms with Crippen LogP contribution in [0.1, 0.15) is 50.4 Å². The minimum absolute atomic E-state index is 0.335. The molecule has 1 heterocycles. The Bertz CT molecular complexity index is 367. The Labute approximate surface area is 119 Å². The first-order valence-corrected chi connectivity index (χ1v) is 7.74. The molecule has 0 atom stereocenters. The van der Waals surface area contributed by atoms with Crippen LogP contribution in [0.5, 0.6) is 0 Å². The van der Waals surface area contributed by atoms with Crippen LogP contribution in [0.25, 0.3) is 0 Å². The second kappa shape index (κ2) is 6.40. The Kier molecular flexibility index (Phi) is 6.29. The first-order chi connectivity index (χ1) is 8.21. The van der Waals surface area contributed by atoms with Crippen LogP contribution in [0, 0.1) is 0 Å². The van der Waals surface area contributed by atoms with Crippen LogP contribution in [-0.2, 0) is 10.8 Å². The Morgan fingerprint density at radius 2 is 1.05 bits per heavy atom. The zero-order valence-electron chi connectivity index (χ0n) is 12.2. The van der Waals surface area contributed by atoms with Gasteiger partial charge in [-0.15, -0.1) is 0 Å². The van der Waals surface area contributed by atoms with Gasteiger partial charge in [0.05, 0.1) is 0 Å². The van der Waals surface area contributed by atoms with E-state index in [4.69, 9.17) is 0 Å². The molecule has 0 nitrogen and oxygen atoms in total. The van der Waals surface area contributed by atoms with E-state index in [1.54, 1.807) is 8.87 Å². The maximum atomic E-state index is 9.75. The van der Waals surface area contributed by atoms with Gasteiger partial charge in [0, 0.05) is 0 Å². The molecule has 0 bridgehead atoms. The van der Waals surface area contributed by atoms with Crippen molar-refractivity contribution in [1.82, 2.24) is 0 Å². The number of rotatable bonds is 0. The molecule has 0 aromatic carbocycles. The maximum Gasteiger partial charge on any atom is 0.673 e. The van der Waals surface area contributed by atoms with Crippen molar-refractivity contribution in [2.24, 2.45) is 0 Å². The van der Waals surface area contributed by atoms with E-state index in [1.165, 1.54) is 0 Å². The van der Waals surface area contributed by atoms with Gasteiger partial charge in [0.1, 0.15) is 0 Å². The molecule has 110 valence electrons. The Hall–Kier alpha value is -0.346. The molecule has 0 saturated carbocycles. The maximum absolute atomic E-state index is 9.75. The Morgan fingerprint density at radius 1 is 0.789 bits per heavy atom. The van der Waals surface area contributed by atoms with E-state index in [2.05, 4.69) is 59.7 Å². The van der Waals surface area contributed by atoms with Crippen molar-refractivity contribution < 1.29 is 17.3 Å². The van der Waals surface area contributed by atoms with Crippen LogP contribution < -0.4 is 0 Å². The largest absolute Gasteiger partial charge is 0.673 e. The van der Waals surface area contributed by atoms with Crippen LogP contribution >= 0.6 is 0 Å². The van der Waals surface area contributed by atoms with Gasteiger partial charge in [-0.25, -0.2) is 0 Å². The zero-order valence-corrected chi connectivity index (χ0v) is 13.9. The molecule has 19 heavy (non-hydrogen) atoms. The van der Waals surface area contributed by atoms with E-state index in [9.17, 15) is 17.3 Å². The normalized spacial score (nSPS) is 12.7. The average Bonchev–Trinajstić information content (AvgIpc) is 2.12. The molecule has 0 aliphatic carbocycles. The third kappa shape index (κ3) is 9.23. The molecular weight excluding hydrogens is 322 g/mol. The monoisotopic (exact) mass is 344 g/mol. The predicted molar refractivity (Wildman–Crippen MR) is 75.4 cm³/mol. The number of halogens is 4. The molecule has 0 fully saturated rings. The van der Waals surface area contributed by atoms with E-state index < -0.39 is 7.25 Å². The molecule has 0 aliphatic rings. The number of hydrogen-bond acceptors (Lipinski definition) is 0. The molecule has 0 spiro atoms. The third-order valence-electron chi connectivity index (χ3n) is 2.19. The van der Waals surface area contributed by atoms with Crippen LogP contribution in [0.4, 0.5) is 17.3 Å². The fourth-order valence-electron chi connectivity index (χ4n) is 1.22. The molecule has 0 unspecified atom stereocenters.